The topological polar surface area (TPSA) is 202 Å². The monoisotopic (exact) mass is 1110 g/mol. The van der Waals surface area contributed by atoms with Crippen molar-refractivity contribution in [3.63, 3.8) is 0 Å². The van der Waals surface area contributed by atoms with Gasteiger partial charge in [0, 0.05) is 93.5 Å². The highest BCUT2D eigenvalue weighted by atomic mass is 32.2. The Hall–Kier alpha value is -6.49. The summed E-state index contributed by atoms with van der Waals surface area (Å²) in [5.74, 6) is -2.94. The van der Waals surface area contributed by atoms with Crippen molar-refractivity contribution in [2.24, 2.45) is 11.3 Å². The molecule has 1 amide bonds. The second-order valence-electron chi connectivity index (χ2n) is 22.6. The number of fused-ring (bicyclic) bond motifs is 1. The van der Waals surface area contributed by atoms with Gasteiger partial charge in [-0.15, -0.1) is 0 Å². The number of ether oxygens (including phenoxy) is 3. The molecule has 422 valence electrons. The number of sulfonamides is 1. The molecule has 3 aromatic carbocycles. The third-order valence-corrected chi connectivity index (χ3v) is 18.2. The van der Waals surface area contributed by atoms with E-state index in [9.17, 15) is 32.3 Å². The number of H-pyrrole nitrogens is 1. The van der Waals surface area contributed by atoms with E-state index in [-0.39, 0.29) is 81.1 Å². The number of hydroxylamine groups is 1. The Morgan fingerprint density at radius 3 is 2.39 bits per heavy atom. The molecular formula is C58H70F3N9O8S. The highest BCUT2D eigenvalue weighted by Gasteiger charge is 2.50. The third kappa shape index (κ3) is 11.7. The predicted molar refractivity (Wildman–Crippen MR) is 294 cm³/mol. The first-order valence-electron chi connectivity index (χ1n) is 27.1. The number of carbonyl (C=O) groups excluding carboxylic acids is 1. The summed E-state index contributed by atoms with van der Waals surface area (Å²) in [6.07, 6.45) is 8.88. The molecule has 5 heterocycles. The zero-order valence-electron chi connectivity index (χ0n) is 45.5. The molecular weight excluding hydrogens is 1040 g/mol. The molecule has 0 bridgehead atoms. The maximum Gasteiger partial charge on any atom is 0.268 e. The lowest BCUT2D eigenvalue weighted by molar-refractivity contribution is -0.751. The van der Waals surface area contributed by atoms with E-state index >= 15 is 4.39 Å². The fourth-order valence-electron chi connectivity index (χ4n) is 12.2. The molecule has 0 radical (unpaired) electrons. The Morgan fingerprint density at radius 1 is 0.937 bits per heavy atom. The minimum absolute atomic E-state index is 0.0112. The fraction of sp³-hybridized carbons (Fsp3) is 0.466. The summed E-state index contributed by atoms with van der Waals surface area (Å²) in [6.45, 7) is 10.5. The maximum absolute atomic E-state index is 15.3. The first-order valence-corrected chi connectivity index (χ1v) is 28.6. The number of hydrogen-bond acceptors (Lipinski definition) is 14. The van der Waals surface area contributed by atoms with Gasteiger partial charge in [-0.1, -0.05) is 44.2 Å². The van der Waals surface area contributed by atoms with Crippen molar-refractivity contribution >= 4 is 44.2 Å². The molecule has 21 heteroatoms. The van der Waals surface area contributed by atoms with Crippen LogP contribution in [-0.2, 0) is 16.6 Å². The standard InChI is InChI=1S/C58H70F3N9O8S/c1-35(2)41-9-7-8-10-42(41)47-34-68(33-37-11-14-48(76-5)52(61)51(37)60)23-24-70(47)39-28-58(29-39)19-21-69(22-20-58)38-12-13-43(49(25-38)78-50-27-44-45(59)32-64-53(44)65-56(50)77-6)55(71)66-79(74,75)40-26-46(67(4)73)54(63-31-40)62-30-36-15-17-57(3,72)18-16-36/h7-14,25-27,31-32,35-36,39,47,67,72H,15-24,28-30,33-34H2,1-6H3,(H,62,63)(H,64,65)(H,66,71)/t36?,47-,57?/m0/s1. The Morgan fingerprint density at radius 2 is 1.68 bits per heavy atom. The van der Waals surface area contributed by atoms with Gasteiger partial charge in [0.1, 0.15) is 22.1 Å². The molecule has 2 aliphatic carbocycles. The van der Waals surface area contributed by atoms with Crippen LogP contribution in [0, 0.1) is 34.0 Å². The van der Waals surface area contributed by atoms with E-state index in [4.69, 9.17) is 14.2 Å². The van der Waals surface area contributed by atoms with Gasteiger partial charge in [0.2, 0.25) is 5.82 Å². The molecule has 10 rings (SSSR count). The summed E-state index contributed by atoms with van der Waals surface area (Å²) in [5.41, 5.74) is 3.01. The largest absolute Gasteiger partial charge is 0.629 e. The van der Waals surface area contributed by atoms with Crippen LogP contribution in [0.1, 0.15) is 111 Å². The first-order chi connectivity index (χ1) is 37.7. The molecule has 79 heavy (non-hydrogen) atoms. The lowest BCUT2D eigenvalue weighted by atomic mass is 9.59. The van der Waals surface area contributed by atoms with Crippen LogP contribution in [0.5, 0.6) is 23.1 Å². The summed E-state index contributed by atoms with van der Waals surface area (Å²) in [7, 11) is -0.618. The smallest absolute Gasteiger partial charge is 0.268 e. The SMILES string of the molecule is COc1ccc(CN2CCN(C3CC4(CCN(c5ccc(C(=O)NS(=O)(=O)c6cnc(NCC7CCC(C)(O)CC7)c([NH+](C)[O-])c6)c(Oc6cc7c(F)c[nH]c7nc6OC)c5)CC4)C3)[C@H](c3ccccc3C(C)C)C2)c(F)c1F. The van der Waals surface area contributed by atoms with E-state index in [1.807, 2.05) is 6.92 Å². The number of carbonyl (C=O) groups is 1. The molecule has 2 saturated heterocycles. The van der Waals surface area contributed by atoms with E-state index in [2.05, 4.69) is 77.8 Å². The third-order valence-electron chi connectivity index (χ3n) is 16.9. The second kappa shape index (κ2) is 22.6. The van der Waals surface area contributed by atoms with Crippen LogP contribution in [0.25, 0.3) is 11.0 Å². The summed E-state index contributed by atoms with van der Waals surface area (Å²) in [5, 5.41) is 26.1. The van der Waals surface area contributed by atoms with Crippen LogP contribution in [0.4, 0.5) is 30.4 Å². The van der Waals surface area contributed by atoms with Gasteiger partial charge in [-0.2, -0.15) is 9.37 Å². The van der Waals surface area contributed by atoms with Gasteiger partial charge in [-0.05, 0) is 105 Å². The number of hydrogen-bond donors (Lipinski definition) is 5. The Balaban J connectivity index is 0.858. The van der Waals surface area contributed by atoms with E-state index in [0.717, 1.165) is 57.5 Å². The highest BCUT2D eigenvalue weighted by Crippen LogP contribution is 2.54. The number of aliphatic hydroxyl groups is 1. The molecule has 2 saturated carbocycles. The average Bonchev–Trinajstić information content (AvgIpc) is 3.82. The summed E-state index contributed by atoms with van der Waals surface area (Å²) < 4.78 is 92.1. The maximum atomic E-state index is 15.3. The van der Waals surface area contributed by atoms with Crippen molar-refractivity contribution in [3.05, 3.63) is 124 Å². The zero-order valence-corrected chi connectivity index (χ0v) is 46.3. The number of aromatic amines is 1. The molecule has 4 aliphatic rings. The molecule has 2 aliphatic heterocycles. The van der Waals surface area contributed by atoms with Crippen LogP contribution in [0.15, 0.2) is 84.0 Å². The predicted octanol–water partition coefficient (Wildman–Crippen LogP) is 8.73. The zero-order chi connectivity index (χ0) is 56.0. The van der Waals surface area contributed by atoms with E-state index in [1.165, 1.54) is 56.7 Å². The Kier molecular flexibility index (Phi) is 15.9. The molecule has 5 N–H and O–H groups in total. The van der Waals surface area contributed by atoms with Crippen LogP contribution in [0.3, 0.4) is 0 Å². The molecule has 4 fully saturated rings. The van der Waals surface area contributed by atoms with Gasteiger partial charge in [-0.3, -0.25) is 14.6 Å². The molecule has 2 atom stereocenters. The van der Waals surface area contributed by atoms with Crippen LogP contribution in [0.2, 0.25) is 0 Å². The number of nitrogens with zero attached hydrogens (tertiary/aromatic N) is 5. The number of piperazine rings is 1. The summed E-state index contributed by atoms with van der Waals surface area (Å²) in [6, 6.07) is 19.5. The lowest BCUT2D eigenvalue weighted by Crippen LogP contribution is -2.98. The number of amides is 1. The van der Waals surface area contributed by atoms with Crippen molar-refractivity contribution in [2.75, 3.05) is 70.8 Å². The average molecular weight is 1110 g/mol. The summed E-state index contributed by atoms with van der Waals surface area (Å²) >= 11 is 0. The van der Waals surface area contributed by atoms with Gasteiger partial charge < -0.3 is 44.8 Å². The first kappa shape index (κ1) is 55.8. The van der Waals surface area contributed by atoms with Gasteiger partial charge in [0.15, 0.2) is 28.8 Å². The molecule has 3 aromatic heterocycles. The van der Waals surface area contributed by atoms with Gasteiger partial charge >= 0.3 is 0 Å². The molecule has 1 spiro atoms. The van der Waals surface area contributed by atoms with E-state index in [0.29, 0.717) is 62.9 Å². The van der Waals surface area contributed by atoms with E-state index < -0.39 is 48.9 Å². The molecule has 6 aromatic rings. The van der Waals surface area contributed by atoms with Gasteiger partial charge in [0.25, 0.3) is 21.8 Å². The van der Waals surface area contributed by atoms with Crippen molar-refractivity contribution in [1.29, 1.82) is 0 Å². The van der Waals surface area contributed by atoms with Crippen molar-refractivity contribution in [3.8, 4) is 23.1 Å². The number of rotatable bonds is 17. The minimum atomic E-state index is -4.62. The second-order valence-corrected chi connectivity index (χ2v) is 24.2. The minimum Gasteiger partial charge on any atom is -0.629 e. The Bertz CT molecular complexity index is 3320. The Labute approximate surface area is 459 Å². The number of aromatic nitrogens is 3. The number of pyridine rings is 2. The van der Waals surface area contributed by atoms with Gasteiger partial charge in [0.05, 0.1) is 44.0 Å². The number of nitrogens with one attached hydrogen (secondary N) is 4. The van der Waals surface area contributed by atoms with Crippen molar-refractivity contribution in [2.45, 2.75) is 107 Å². The van der Waals surface area contributed by atoms with Gasteiger partial charge in [-0.25, -0.2) is 26.9 Å². The van der Waals surface area contributed by atoms with Crippen LogP contribution in [-0.4, -0.2) is 116 Å². The lowest BCUT2D eigenvalue weighted by Gasteiger charge is -2.58. The number of piperidine rings is 1. The highest BCUT2D eigenvalue weighted by molar-refractivity contribution is 7.90. The van der Waals surface area contributed by atoms with Crippen molar-refractivity contribution in [1.82, 2.24) is 29.5 Å². The summed E-state index contributed by atoms with van der Waals surface area (Å²) in [4.78, 5) is 32.4. The number of quaternary nitrogens is 1. The van der Waals surface area contributed by atoms with E-state index in [1.54, 1.807) is 18.2 Å². The van der Waals surface area contributed by atoms with Crippen LogP contribution >= 0.6 is 0 Å². The number of methoxy groups -OCH3 is 2. The number of halogens is 3. The number of anilines is 2. The normalized spacial score (nSPS) is 21.5. The van der Waals surface area contributed by atoms with Crippen molar-refractivity contribution < 1.29 is 50.8 Å². The molecule has 17 nitrogen and oxygen atoms in total. The molecule has 1 unspecified atom stereocenters. The van der Waals surface area contributed by atoms with Crippen LogP contribution < -0.4 is 34.2 Å². The quantitative estimate of drug-likeness (QED) is 0.0543. The number of benzene rings is 3. The fourth-order valence-corrected chi connectivity index (χ4v) is 13.2.